The van der Waals surface area contributed by atoms with Crippen LogP contribution < -0.4 is 5.32 Å². The minimum atomic E-state index is -2.49. The van der Waals surface area contributed by atoms with E-state index >= 15 is 0 Å². The highest BCUT2D eigenvalue weighted by Crippen LogP contribution is 2.20. The van der Waals surface area contributed by atoms with Gasteiger partial charge in [-0.25, -0.2) is 8.42 Å². The molecule has 0 aliphatic carbocycles. The van der Waals surface area contributed by atoms with Gasteiger partial charge in [-0.05, 0) is 22.0 Å². The molecular formula is C5H5BrClNO2S. The van der Waals surface area contributed by atoms with E-state index in [1.807, 2.05) is 0 Å². The van der Waals surface area contributed by atoms with Crippen molar-refractivity contribution in [2.24, 2.45) is 0 Å². The molecule has 0 amide bonds. The molecule has 0 bridgehead atoms. The zero-order valence-electron chi connectivity index (χ0n) is 5.30. The van der Waals surface area contributed by atoms with Gasteiger partial charge in [0.15, 0.2) is 10.7 Å². The monoisotopic (exact) mass is 257 g/mol. The average Bonchev–Trinajstić information content (AvgIpc) is 1.94. The topological polar surface area (TPSA) is 46.2 Å². The predicted octanol–water partition coefficient (Wildman–Crippen LogP) is 0.888. The fraction of sp³-hybridized carbons (Fsp3) is 0.200. The summed E-state index contributed by atoms with van der Waals surface area (Å²) in [4.78, 5) is 0.330. The molecule has 0 saturated heterocycles. The number of halogens is 2. The molecule has 11 heavy (non-hydrogen) atoms. The van der Waals surface area contributed by atoms with E-state index in [1.54, 1.807) is 0 Å². The van der Waals surface area contributed by atoms with Crippen LogP contribution >= 0.6 is 27.5 Å². The summed E-state index contributed by atoms with van der Waals surface area (Å²) in [6.45, 7) is 0.270. The van der Waals surface area contributed by atoms with Crippen LogP contribution in [0.4, 0.5) is 0 Å². The van der Waals surface area contributed by atoms with Crippen molar-refractivity contribution in [2.45, 2.75) is 0 Å². The molecule has 1 N–H and O–H groups in total. The van der Waals surface area contributed by atoms with E-state index < -0.39 is 10.7 Å². The summed E-state index contributed by atoms with van der Waals surface area (Å²) < 4.78 is 21.5. The van der Waals surface area contributed by atoms with Gasteiger partial charge in [-0.1, -0.05) is 11.6 Å². The van der Waals surface area contributed by atoms with E-state index in [2.05, 4.69) is 21.2 Å². The third-order valence-electron chi connectivity index (χ3n) is 1.16. The van der Waals surface area contributed by atoms with Crippen LogP contribution in [0.3, 0.4) is 0 Å². The number of hydrogen-bond acceptors (Lipinski definition) is 3. The lowest BCUT2D eigenvalue weighted by molar-refractivity contribution is 0.618. The molecule has 0 atom stereocenters. The Morgan fingerprint density at radius 2 is 2.27 bits per heavy atom. The highest BCUT2D eigenvalue weighted by Gasteiger charge is 2.09. The number of hydrogen-bond donors (Lipinski definition) is 2. The van der Waals surface area contributed by atoms with Gasteiger partial charge < -0.3 is 5.32 Å². The van der Waals surface area contributed by atoms with E-state index in [9.17, 15) is 8.42 Å². The lowest BCUT2D eigenvalue weighted by atomic mass is 10.4. The van der Waals surface area contributed by atoms with E-state index in [4.69, 9.17) is 11.6 Å². The van der Waals surface area contributed by atoms with Gasteiger partial charge >= 0.3 is 0 Å². The van der Waals surface area contributed by atoms with Crippen molar-refractivity contribution in [3.8, 4) is 0 Å². The van der Waals surface area contributed by atoms with E-state index in [-0.39, 0.29) is 6.54 Å². The van der Waals surface area contributed by atoms with Crippen molar-refractivity contribution in [3.63, 3.8) is 0 Å². The van der Waals surface area contributed by atoms with Crippen molar-refractivity contribution >= 4 is 38.2 Å². The third-order valence-corrected chi connectivity index (χ3v) is 3.11. The molecule has 0 radical (unpaired) electrons. The van der Waals surface area contributed by atoms with Crippen LogP contribution in [-0.4, -0.2) is 15.0 Å². The molecule has 1 rings (SSSR count). The highest BCUT2D eigenvalue weighted by molar-refractivity contribution is 9.12. The van der Waals surface area contributed by atoms with Gasteiger partial charge in [0.05, 0.1) is 15.9 Å². The molecule has 62 valence electrons. The minimum Gasteiger partial charge on any atom is -0.370 e. The van der Waals surface area contributed by atoms with Gasteiger partial charge in [0.1, 0.15) is 5.16 Å². The molecule has 0 aromatic carbocycles. The number of allylic oxidation sites excluding steroid dienone is 2. The SMILES string of the molecule is O=[SH](=O)C1=CC(Br)=C(Cl)NC1. The van der Waals surface area contributed by atoms with Gasteiger partial charge in [0, 0.05) is 0 Å². The highest BCUT2D eigenvalue weighted by atomic mass is 79.9. The molecule has 0 spiro atoms. The average molecular weight is 259 g/mol. The largest absolute Gasteiger partial charge is 0.370 e. The Balaban J connectivity index is 2.98. The van der Waals surface area contributed by atoms with Gasteiger partial charge in [-0.3, -0.25) is 0 Å². The van der Waals surface area contributed by atoms with Crippen LogP contribution in [0.15, 0.2) is 20.6 Å². The predicted molar refractivity (Wildman–Crippen MR) is 48.2 cm³/mol. The Kier molecular flexibility index (Phi) is 2.98. The molecule has 6 heteroatoms. The molecule has 0 unspecified atom stereocenters. The molecule has 0 fully saturated rings. The number of thiol groups is 1. The third kappa shape index (κ3) is 2.21. The smallest absolute Gasteiger partial charge is 0.166 e. The Hall–Kier alpha value is -0.000000000000000111. The Bertz CT molecular complexity index is 300. The van der Waals surface area contributed by atoms with Gasteiger partial charge in [0.25, 0.3) is 0 Å². The molecule has 0 aromatic heterocycles. The lowest BCUT2D eigenvalue weighted by Crippen LogP contribution is -2.18. The number of nitrogens with one attached hydrogen (secondary N) is 1. The summed E-state index contributed by atoms with van der Waals surface area (Å²) in [5, 5.41) is 3.14. The second-order valence-corrected chi connectivity index (χ2v) is 4.23. The van der Waals surface area contributed by atoms with E-state index in [1.165, 1.54) is 6.08 Å². The van der Waals surface area contributed by atoms with E-state index in [0.29, 0.717) is 14.5 Å². The first-order valence-corrected chi connectivity index (χ1v) is 5.10. The summed E-state index contributed by atoms with van der Waals surface area (Å²) in [7, 11) is -2.49. The van der Waals surface area contributed by atoms with Crippen molar-refractivity contribution in [2.75, 3.05) is 6.54 Å². The molecule has 0 saturated carbocycles. The second-order valence-electron chi connectivity index (χ2n) is 1.91. The molecule has 1 aliphatic rings. The van der Waals surface area contributed by atoms with Crippen LogP contribution in [0, 0.1) is 0 Å². The maximum Gasteiger partial charge on any atom is 0.166 e. The summed E-state index contributed by atoms with van der Waals surface area (Å²) in [5.74, 6) is 0. The first kappa shape index (κ1) is 9.09. The number of dihydropyridines is 1. The standard InChI is InChI=1S/C5H5BrClNO2S/c6-4-1-3(11(9)10)2-8-5(4)7/h1,8,11H,2H2. The van der Waals surface area contributed by atoms with Gasteiger partial charge in [-0.2, -0.15) is 0 Å². The Morgan fingerprint density at radius 1 is 1.64 bits per heavy atom. The summed E-state index contributed by atoms with van der Waals surface area (Å²) in [6, 6.07) is 0. The van der Waals surface area contributed by atoms with Crippen molar-refractivity contribution in [1.82, 2.24) is 5.32 Å². The molecule has 1 heterocycles. The van der Waals surface area contributed by atoms with Crippen LogP contribution in [0.1, 0.15) is 0 Å². The minimum absolute atomic E-state index is 0.270. The lowest BCUT2D eigenvalue weighted by Gasteiger charge is -2.10. The van der Waals surface area contributed by atoms with Crippen LogP contribution in [-0.2, 0) is 10.7 Å². The first-order chi connectivity index (χ1) is 5.11. The Labute approximate surface area is 79.2 Å². The van der Waals surface area contributed by atoms with Crippen LogP contribution in [0.2, 0.25) is 0 Å². The van der Waals surface area contributed by atoms with Crippen molar-refractivity contribution in [1.29, 1.82) is 0 Å². The fourth-order valence-electron chi connectivity index (χ4n) is 0.631. The zero-order valence-corrected chi connectivity index (χ0v) is 8.54. The summed E-state index contributed by atoms with van der Waals surface area (Å²) in [5.41, 5.74) is 0. The molecular weight excluding hydrogens is 253 g/mol. The van der Waals surface area contributed by atoms with Gasteiger partial charge in [0.2, 0.25) is 0 Å². The van der Waals surface area contributed by atoms with Crippen molar-refractivity contribution in [3.05, 3.63) is 20.6 Å². The molecule has 3 nitrogen and oxygen atoms in total. The number of rotatable bonds is 1. The molecule has 1 aliphatic heterocycles. The zero-order chi connectivity index (χ0) is 8.43. The van der Waals surface area contributed by atoms with Gasteiger partial charge in [-0.15, -0.1) is 0 Å². The van der Waals surface area contributed by atoms with E-state index in [0.717, 1.165) is 0 Å². The second kappa shape index (κ2) is 3.60. The molecule has 0 aromatic rings. The Morgan fingerprint density at radius 3 is 2.73 bits per heavy atom. The van der Waals surface area contributed by atoms with Crippen LogP contribution in [0.5, 0.6) is 0 Å². The fourth-order valence-corrected chi connectivity index (χ4v) is 1.79. The van der Waals surface area contributed by atoms with Crippen LogP contribution in [0.25, 0.3) is 0 Å². The van der Waals surface area contributed by atoms with Crippen molar-refractivity contribution < 1.29 is 8.42 Å². The summed E-state index contributed by atoms with van der Waals surface area (Å²) >= 11 is 8.72. The maximum absolute atomic E-state index is 10.4. The summed E-state index contributed by atoms with van der Waals surface area (Å²) in [6.07, 6.45) is 1.49. The first-order valence-electron chi connectivity index (χ1n) is 2.75. The quantitative estimate of drug-likeness (QED) is 0.542. The maximum atomic E-state index is 10.4. The normalized spacial score (nSPS) is 18.3.